The summed E-state index contributed by atoms with van der Waals surface area (Å²) in [5.74, 6) is -0.149. The van der Waals surface area contributed by atoms with Gasteiger partial charge in [-0.1, -0.05) is 19.1 Å². The van der Waals surface area contributed by atoms with Crippen LogP contribution in [-0.2, 0) is 16.0 Å². The third-order valence-electron chi connectivity index (χ3n) is 2.85. The monoisotopic (exact) mass is 263 g/mol. The van der Waals surface area contributed by atoms with Crippen molar-refractivity contribution in [1.29, 1.82) is 0 Å². The fraction of sp³-hybridized carbons (Fsp3) is 0.429. The van der Waals surface area contributed by atoms with Crippen molar-refractivity contribution in [3.63, 3.8) is 0 Å². The number of rotatable bonds is 5. The van der Waals surface area contributed by atoms with Gasteiger partial charge in [0.25, 0.3) is 0 Å². The van der Waals surface area contributed by atoms with Gasteiger partial charge >= 0.3 is 0 Å². The Balaban J connectivity index is 2.62. The number of amides is 2. The maximum atomic E-state index is 11.6. The van der Waals surface area contributed by atoms with Gasteiger partial charge in [0.2, 0.25) is 11.8 Å². The summed E-state index contributed by atoms with van der Waals surface area (Å²) in [4.78, 5) is 24.7. The van der Waals surface area contributed by atoms with E-state index in [-0.39, 0.29) is 11.8 Å². The first kappa shape index (κ1) is 15.2. The van der Waals surface area contributed by atoms with E-state index in [1.54, 1.807) is 31.1 Å². The van der Waals surface area contributed by atoms with Gasteiger partial charge < -0.3 is 16.0 Å². The first-order chi connectivity index (χ1) is 8.93. The predicted molar refractivity (Wildman–Crippen MR) is 75.7 cm³/mol. The minimum Gasteiger partial charge on any atom is -0.349 e. The smallest absolute Gasteiger partial charge is 0.241 e. The fourth-order valence-corrected chi connectivity index (χ4v) is 1.46. The van der Waals surface area contributed by atoms with Crippen LogP contribution in [0.5, 0.6) is 0 Å². The Morgan fingerprint density at radius 2 is 1.84 bits per heavy atom. The molecule has 3 N–H and O–H groups in total. The van der Waals surface area contributed by atoms with Crippen molar-refractivity contribution in [1.82, 2.24) is 4.90 Å². The Kier molecular flexibility index (Phi) is 5.51. The summed E-state index contributed by atoms with van der Waals surface area (Å²) >= 11 is 0. The lowest BCUT2D eigenvalue weighted by molar-refractivity contribution is -0.128. The number of hydrogen-bond acceptors (Lipinski definition) is 3. The highest BCUT2D eigenvalue weighted by Crippen LogP contribution is 2.11. The summed E-state index contributed by atoms with van der Waals surface area (Å²) in [5.41, 5.74) is 7.23. The first-order valence-electron chi connectivity index (χ1n) is 6.29. The lowest BCUT2D eigenvalue weighted by Crippen LogP contribution is -2.34. The molecule has 0 saturated carbocycles. The Morgan fingerprint density at radius 3 is 2.32 bits per heavy atom. The number of carbonyl (C=O) groups excluding carboxylic acids is 2. The molecule has 1 aromatic rings. The summed E-state index contributed by atoms with van der Waals surface area (Å²) < 4.78 is 0. The average molecular weight is 263 g/mol. The van der Waals surface area contributed by atoms with Gasteiger partial charge in [-0.25, -0.2) is 0 Å². The number of hydrogen-bond donors (Lipinski definition) is 2. The molecule has 0 aliphatic carbocycles. The van der Waals surface area contributed by atoms with Crippen molar-refractivity contribution >= 4 is 17.5 Å². The molecule has 5 nitrogen and oxygen atoms in total. The molecule has 0 bridgehead atoms. The van der Waals surface area contributed by atoms with Gasteiger partial charge in [-0.05, 0) is 24.1 Å². The molecule has 0 aromatic heterocycles. The highest BCUT2D eigenvalue weighted by Gasteiger charge is 2.11. The molecule has 5 heteroatoms. The van der Waals surface area contributed by atoms with Gasteiger partial charge in [0.15, 0.2) is 0 Å². The van der Waals surface area contributed by atoms with Crippen LogP contribution in [0, 0.1) is 0 Å². The molecule has 0 aliphatic rings. The van der Waals surface area contributed by atoms with Crippen LogP contribution in [0.15, 0.2) is 24.3 Å². The molecule has 2 amide bonds. The molecule has 104 valence electrons. The highest BCUT2D eigenvalue weighted by molar-refractivity contribution is 5.94. The first-order valence-corrected chi connectivity index (χ1v) is 6.29. The van der Waals surface area contributed by atoms with Crippen molar-refractivity contribution in [3.8, 4) is 0 Å². The standard InChI is InChI=1S/C14H21N3O2/c1-4-12(15)14(19)16-11-7-5-10(6-8-11)9-13(18)17(2)3/h5-8,12H,4,9,15H2,1-3H3,(H,16,19)/t12-/m0/s1. The summed E-state index contributed by atoms with van der Waals surface area (Å²) in [6.45, 7) is 1.86. The molecule has 0 fully saturated rings. The van der Waals surface area contributed by atoms with E-state index >= 15 is 0 Å². The van der Waals surface area contributed by atoms with E-state index in [1.807, 2.05) is 19.1 Å². The summed E-state index contributed by atoms with van der Waals surface area (Å²) in [6.07, 6.45) is 0.955. The van der Waals surface area contributed by atoms with Gasteiger partial charge in [-0.15, -0.1) is 0 Å². The molecule has 0 radical (unpaired) electrons. The Bertz CT molecular complexity index is 441. The molecule has 19 heavy (non-hydrogen) atoms. The summed E-state index contributed by atoms with van der Waals surface area (Å²) in [6, 6.07) is 6.72. The van der Waals surface area contributed by atoms with Crippen LogP contribution < -0.4 is 11.1 Å². The zero-order chi connectivity index (χ0) is 14.4. The molecule has 0 unspecified atom stereocenters. The van der Waals surface area contributed by atoms with Crippen LogP contribution in [-0.4, -0.2) is 36.9 Å². The van der Waals surface area contributed by atoms with E-state index in [0.29, 0.717) is 18.5 Å². The van der Waals surface area contributed by atoms with Crippen molar-refractivity contribution < 1.29 is 9.59 Å². The normalized spacial score (nSPS) is 11.8. The zero-order valence-electron chi connectivity index (χ0n) is 11.6. The number of nitrogens with two attached hydrogens (primary N) is 1. The molecule has 0 spiro atoms. The van der Waals surface area contributed by atoms with Crippen molar-refractivity contribution in [2.75, 3.05) is 19.4 Å². The molecule has 0 aliphatic heterocycles. The molecular weight excluding hydrogens is 242 g/mol. The largest absolute Gasteiger partial charge is 0.349 e. The summed E-state index contributed by atoms with van der Waals surface area (Å²) in [7, 11) is 3.45. The van der Waals surface area contributed by atoms with Gasteiger partial charge in [-0.3, -0.25) is 9.59 Å². The molecular formula is C14H21N3O2. The molecule has 0 heterocycles. The minimum atomic E-state index is -0.491. The van der Waals surface area contributed by atoms with Gasteiger partial charge in [0.1, 0.15) is 0 Å². The molecule has 1 rings (SSSR count). The van der Waals surface area contributed by atoms with E-state index in [0.717, 1.165) is 5.56 Å². The van der Waals surface area contributed by atoms with E-state index in [1.165, 1.54) is 0 Å². The van der Waals surface area contributed by atoms with E-state index in [4.69, 9.17) is 5.73 Å². The lowest BCUT2D eigenvalue weighted by Gasteiger charge is -2.12. The van der Waals surface area contributed by atoms with Gasteiger partial charge in [-0.2, -0.15) is 0 Å². The number of benzene rings is 1. The predicted octanol–water partition coefficient (Wildman–Crippen LogP) is 0.993. The van der Waals surface area contributed by atoms with Crippen molar-refractivity contribution in [2.24, 2.45) is 5.73 Å². The van der Waals surface area contributed by atoms with Crippen LogP contribution in [0.3, 0.4) is 0 Å². The van der Waals surface area contributed by atoms with Gasteiger partial charge in [0.05, 0.1) is 12.5 Å². The SMILES string of the molecule is CC[C@H](N)C(=O)Nc1ccc(CC(=O)N(C)C)cc1. The zero-order valence-corrected chi connectivity index (χ0v) is 11.6. The molecule has 1 atom stereocenters. The van der Waals surface area contributed by atoms with Crippen LogP contribution in [0.25, 0.3) is 0 Å². The summed E-state index contributed by atoms with van der Waals surface area (Å²) in [5, 5.41) is 2.74. The second-order valence-electron chi connectivity index (χ2n) is 4.67. The third-order valence-corrected chi connectivity index (χ3v) is 2.85. The van der Waals surface area contributed by atoms with Crippen molar-refractivity contribution in [2.45, 2.75) is 25.8 Å². The Morgan fingerprint density at radius 1 is 1.26 bits per heavy atom. The quantitative estimate of drug-likeness (QED) is 0.832. The fourth-order valence-electron chi connectivity index (χ4n) is 1.46. The maximum absolute atomic E-state index is 11.6. The third kappa shape index (κ3) is 4.71. The second kappa shape index (κ2) is 6.89. The number of likely N-dealkylation sites (N-methyl/N-ethyl adjacent to an activating group) is 1. The van der Waals surface area contributed by atoms with E-state index < -0.39 is 6.04 Å². The minimum absolute atomic E-state index is 0.0461. The number of nitrogens with one attached hydrogen (secondary N) is 1. The maximum Gasteiger partial charge on any atom is 0.241 e. The highest BCUT2D eigenvalue weighted by atomic mass is 16.2. The van der Waals surface area contributed by atoms with Crippen LogP contribution >= 0.6 is 0 Å². The van der Waals surface area contributed by atoms with Crippen LogP contribution in [0.1, 0.15) is 18.9 Å². The number of carbonyl (C=O) groups is 2. The van der Waals surface area contributed by atoms with Crippen LogP contribution in [0.4, 0.5) is 5.69 Å². The second-order valence-corrected chi connectivity index (χ2v) is 4.67. The Hall–Kier alpha value is -1.88. The topological polar surface area (TPSA) is 75.4 Å². The van der Waals surface area contributed by atoms with E-state index in [2.05, 4.69) is 5.32 Å². The van der Waals surface area contributed by atoms with Crippen LogP contribution in [0.2, 0.25) is 0 Å². The molecule has 1 aromatic carbocycles. The lowest BCUT2D eigenvalue weighted by atomic mass is 10.1. The number of anilines is 1. The molecule has 0 saturated heterocycles. The Labute approximate surface area is 113 Å². The number of nitrogens with zero attached hydrogens (tertiary/aromatic N) is 1. The van der Waals surface area contributed by atoms with Crippen molar-refractivity contribution in [3.05, 3.63) is 29.8 Å². The van der Waals surface area contributed by atoms with Gasteiger partial charge in [0, 0.05) is 19.8 Å². The average Bonchev–Trinajstić information content (AvgIpc) is 2.39. The van der Waals surface area contributed by atoms with E-state index in [9.17, 15) is 9.59 Å².